The molecule has 5 heteroatoms. The van der Waals surface area contributed by atoms with E-state index < -0.39 is 0 Å². The Morgan fingerprint density at radius 2 is 1.85 bits per heavy atom. The van der Waals surface area contributed by atoms with Crippen LogP contribution >= 0.6 is 0 Å². The van der Waals surface area contributed by atoms with E-state index in [1.807, 2.05) is 42.5 Å². The van der Waals surface area contributed by atoms with Gasteiger partial charge in [0.25, 0.3) is 0 Å². The van der Waals surface area contributed by atoms with Crippen LogP contribution in [-0.2, 0) is 0 Å². The van der Waals surface area contributed by atoms with E-state index in [4.69, 9.17) is 0 Å². The zero-order valence-electron chi connectivity index (χ0n) is 10.5. The highest BCUT2D eigenvalue weighted by atomic mass is 15.2. The number of anilines is 2. The normalized spacial score (nSPS) is 11.0. The maximum absolute atomic E-state index is 4.33. The number of hydrogen-bond acceptors (Lipinski definition) is 4. The molecule has 1 aromatic carbocycles. The number of aromatic nitrogens is 4. The third kappa shape index (κ3) is 1.76. The Labute approximate surface area is 114 Å². The van der Waals surface area contributed by atoms with Crippen molar-refractivity contribution in [2.75, 3.05) is 5.32 Å². The summed E-state index contributed by atoms with van der Waals surface area (Å²) in [6.45, 7) is 0. The van der Waals surface area contributed by atoms with E-state index >= 15 is 0 Å². The molecule has 20 heavy (non-hydrogen) atoms. The van der Waals surface area contributed by atoms with E-state index in [9.17, 15) is 0 Å². The molecule has 0 aliphatic carbocycles. The van der Waals surface area contributed by atoms with Crippen molar-refractivity contribution in [3.63, 3.8) is 0 Å². The van der Waals surface area contributed by atoms with Gasteiger partial charge in [0.05, 0.1) is 11.0 Å². The standard InChI is InChI=1S/C15H11N5/c1-3-10-9-11(5-6-12(10)16-7-1)18-15-14-13(19-20-15)4-2-8-17-14/h1-9H,(H2,18,19,20). The van der Waals surface area contributed by atoms with Gasteiger partial charge in [-0.05, 0) is 36.4 Å². The van der Waals surface area contributed by atoms with E-state index in [0.29, 0.717) is 0 Å². The molecule has 0 radical (unpaired) electrons. The largest absolute Gasteiger partial charge is 0.337 e. The lowest BCUT2D eigenvalue weighted by Crippen LogP contribution is -1.92. The first kappa shape index (κ1) is 10.9. The Bertz CT molecular complexity index is 897. The van der Waals surface area contributed by atoms with Crippen LogP contribution in [-0.4, -0.2) is 20.2 Å². The first-order valence-corrected chi connectivity index (χ1v) is 6.31. The molecule has 0 amide bonds. The molecule has 0 unspecified atom stereocenters. The lowest BCUT2D eigenvalue weighted by molar-refractivity contribution is 1.12. The molecular formula is C15H11N5. The Kier molecular flexibility index (Phi) is 2.35. The molecule has 3 heterocycles. The Morgan fingerprint density at radius 3 is 2.85 bits per heavy atom. The number of fused-ring (bicyclic) bond motifs is 2. The first-order valence-electron chi connectivity index (χ1n) is 6.31. The van der Waals surface area contributed by atoms with Gasteiger partial charge in [0.2, 0.25) is 0 Å². The van der Waals surface area contributed by atoms with Crippen LogP contribution in [0.5, 0.6) is 0 Å². The van der Waals surface area contributed by atoms with Crippen LogP contribution in [0.15, 0.2) is 54.9 Å². The number of nitrogens with one attached hydrogen (secondary N) is 2. The van der Waals surface area contributed by atoms with Gasteiger partial charge in [-0.3, -0.25) is 15.1 Å². The quantitative estimate of drug-likeness (QED) is 0.581. The number of H-pyrrole nitrogens is 1. The molecule has 0 spiro atoms. The summed E-state index contributed by atoms with van der Waals surface area (Å²) in [6.07, 6.45) is 3.55. The Hall–Kier alpha value is -2.95. The second kappa shape index (κ2) is 4.31. The molecule has 0 saturated carbocycles. The summed E-state index contributed by atoms with van der Waals surface area (Å²) in [7, 11) is 0. The van der Waals surface area contributed by atoms with Gasteiger partial charge in [-0.25, -0.2) is 0 Å². The van der Waals surface area contributed by atoms with Gasteiger partial charge in [-0.15, -0.1) is 0 Å². The van der Waals surface area contributed by atoms with Gasteiger partial charge >= 0.3 is 0 Å². The van der Waals surface area contributed by atoms with E-state index in [0.717, 1.165) is 33.4 Å². The third-order valence-corrected chi connectivity index (χ3v) is 3.19. The average molecular weight is 261 g/mol. The number of rotatable bonds is 2. The molecule has 0 saturated heterocycles. The van der Waals surface area contributed by atoms with E-state index in [2.05, 4.69) is 25.5 Å². The lowest BCUT2D eigenvalue weighted by atomic mass is 10.2. The molecule has 4 rings (SSSR count). The maximum atomic E-state index is 4.33. The van der Waals surface area contributed by atoms with E-state index in [1.165, 1.54) is 0 Å². The van der Waals surface area contributed by atoms with Crippen LogP contribution in [0.4, 0.5) is 11.5 Å². The van der Waals surface area contributed by atoms with Crippen LogP contribution in [0.2, 0.25) is 0 Å². The number of aromatic amines is 1. The molecule has 2 N–H and O–H groups in total. The molecule has 4 aromatic rings. The molecule has 0 atom stereocenters. The van der Waals surface area contributed by atoms with E-state index in [-0.39, 0.29) is 0 Å². The van der Waals surface area contributed by atoms with Crippen molar-refractivity contribution in [2.45, 2.75) is 0 Å². The molecule has 5 nitrogen and oxygen atoms in total. The van der Waals surface area contributed by atoms with Crippen LogP contribution in [0.3, 0.4) is 0 Å². The highest BCUT2D eigenvalue weighted by Gasteiger charge is 2.06. The number of hydrogen-bond donors (Lipinski definition) is 2. The minimum atomic E-state index is 0.726. The predicted molar refractivity (Wildman–Crippen MR) is 78.9 cm³/mol. The smallest absolute Gasteiger partial charge is 0.178 e. The molecule has 0 bridgehead atoms. The van der Waals surface area contributed by atoms with Gasteiger partial charge in [0.1, 0.15) is 5.52 Å². The summed E-state index contributed by atoms with van der Waals surface area (Å²) >= 11 is 0. The van der Waals surface area contributed by atoms with Crippen molar-refractivity contribution < 1.29 is 0 Å². The topological polar surface area (TPSA) is 66.5 Å². The number of pyridine rings is 2. The third-order valence-electron chi connectivity index (χ3n) is 3.19. The fourth-order valence-corrected chi connectivity index (χ4v) is 2.23. The second-order valence-electron chi connectivity index (χ2n) is 4.51. The predicted octanol–water partition coefficient (Wildman–Crippen LogP) is 3.25. The number of benzene rings is 1. The molecular weight excluding hydrogens is 250 g/mol. The van der Waals surface area contributed by atoms with Crippen LogP contribution in [0.25, 0.3) is 21.9 Å². The fourth-order valence-electron chi connectivity index (χ4n) is 2.23. The molecule has 96 valence electrons. The van der Waals surface area contributed by atoms with Crippen molar-refractivity contribution in [2.24, 2.45) is 0 Å². The minimum absolute atomic E-state index is 0.726. The Balaban J connectivity index is 1.76. The van der Waals surface area contributed by atoms with Crippen molar-refractivity contribution in [3.8, 4) is 0 Å². The number of nitrogens with zero attached hydrogens (tertiary/aromatic N) is 3. The van der Waals surface area contributed by atoms with Crippen LogP contribution in [0, 0.1) is 0 Å². The van der Waals surface area contributed by atoms with Crippen LogP contribution in [0.1, 0.15) is 0 Å². The highest BCUT2D eigenvalue weighted by molar-refractivity contribution is 5.89. The molecule has 3 aromatic heterocycles. The zero-order chi connectivity index (χ0) is 13.4. The highest BCUT2D eigenvalue weighted by Crippen LogP contribution is 2.23. The summed E-state index contributed by atoms with van der Waals surface area (Å²) in [5.74, 6) is 0.726. The van der Waals surface area contributed by atoms with Crippen molar-refractivity contribution >= 4 is 33.4 Å². The summed E-state index contributed by atoms with van der Waals surface area (Å²) < 4.78 is 0. The maximum Gasteiger partial charge on any atom is 0.178 e. The van der Waals surface area contributed by atoms with Crippen LogP contribution < -0.4 is 5.32 Å². The van der Waals surface area contributed by atoms with Gasteiger partial charge in [0.15, 0.2) is 5.82 Å². The second-order valence-corrected chi connectivity index (χ2v) is 4.51. The fraction of sp³-hybridized carbons (Fsp3) is 0. The van der Waals surface area contributed by atoms with Crippen molar-refractivity contribution in [3.05, 3.63) is 54.9 Å². The summed E-state index contributed by atoms with van der Waals surface area (Å²) in [5.41, 5.74) is 3.68. The lowest BCUT2D eigenvalue weighted by Gasteiger charge is -2.04. The van der Waals surface area contributed by atoms with Gasteiger partial charge in [-0.2, -0.15) is 5.10 Å². The van der Waals surface area contributed by atoms with Gasteiger partial charge in [0, 0.05) is 23.5 Å². The molecule has 0 aliphatic heterocycles. The first-order chi connectivity index (χ1) is 9.90. The monoisotopic (exact) mass is 261 g/mol. The SMILES string of the molecule is c1cnc2ccc(Nc3n[nH]c4cccnc34)cc2c1. The summed E-state index contributed by atoms with van der Waals surface area (Å²) in [5, 5.41) is 11.6. The summed E-state index contributed by atoms with van der Waals surface area (Å²) in [6, 6.07) is 13.8. The van der Waals surface area contributed by atoms with Gasteiger partial charge in [-0.1, -0.05) is 6.07 Å². The van der Waals surface area contributed by atoms with Crippen molar-refractivity contribution in [1.82, 2.24) is 20.2 Å². The molecule has 0 fully saturated rings. The zero-order valence-corrected chi connectivity index (χ0v) is 10.5. The van der Waals surface area contributed by atoms with Gasteiger partial charge < -0.3 is 5.32 Å². The Morgan fingerprint density at radius 1 is 0.950 bits per heavy atom. The van der Waals surface area contributed by atoms with E-state index in [1.54, 1.807) is 12.4 Å². The summed E-state index contributed by atoms with van der Waals surface area (Å²) in [4.78, 5) is 8.64. The molecule has 0 aliphatic rings. The average Bonchev–Trinajstić information content (AvgIpc) is 2.91. The minimum Gasteiger partial charge on any atom is -0.337 e. The van der Waals surface area contributed by atoms with Crippen molar-refractivity contribution in [1.29, 1.82) is 0 Å².